The molecule has 33 heavy (non-hydrogen) atoms. The predicted octanol–water partition coefficient (Wildman–Crippen LogP) is 3.43. The smallest absolute Gasteiger partial charge is 0.243 e. The maximum Gasteiger partial charge on any atom is 0.243 e. The first kappa shape index (κ1) is 25.1. The van der Waals surface area contributed by atoms with Gasteiger partial charge in [0, 0.05) is 31.7 Å². The summed E-state index contributed by atoms with van der Waals surface area (Å²) in [7, 11) is 2.61. The molecule has 0 saturated carbocycles. The average Bonchev–Trinajstić information content (AvgIpc) is 2.83. The summed E-state index contributed by atoms with van der Waals surface area (Å²) in [4.78, 5) is 15.0. The van der Waals surface area contributed by atoms with Gasteiger partial charge in [0.1, 0.15) is 0 Å². The van der Waals surface area contributed by atoms with Crippen LogP contribution in [0.3, 0.4) is 0 Å². The van der Waals surface area contributed by atoms with E-state index in [9.17, 15) is 13.2 Å². The molecular formula is C23H29ClN2O6S. The number of rotatable bonds is 8. The van der Waals surface area contributed by atoms with Crippen LogP contribution >= 0.6 is 11.6 Å². The van der Waals surface area contributed by atoms with Gasteiger partial charge in [-0.15, -0.1) is 0 Å². The van der Waals surface area contributed by atoms with Gasteiger partial charge in [0.2, 0.25) is 21.7 Å². The first-order valence-corrected chi connectivity index (χ1v) is 12.3. The highest BCUT2D eigenvalue weighted by atomic mass is 35.5. The first-order chi connectivity index (χ1) is 15.7. The SMILES string of the molecule is COc1cc(CN(C)C(=O)C2CCCN(S(=O)(=O)c3ccc(Cl)cc3)C2)cc(OC)c1OC. The Morgan fingerprint density at radius 1 is 1.09 bits per heavy atom. The lowest BCUT2D eigenvalue weighted by atomic mass is 9.98. The molecule has 2 aromatic rings. The van der Waals surface area contributed by atoms with Gasteiger partial charge in [0.25, 0.3) is 0 Å². The van der Waals surface area contributed by atoms with E-state index in [1.54, 1.807) is 36.2 Å². The Morgan fingerprint density at radius 2 is 1.70 bits per heavy atom. The first-order valence-electron chi connectivity index (χ1n) is 10.5. The minimum atomic E-state index is -3.70. The van der Waals surface area contributed by atoms with Crippen LogP contribution in [0.25, 0.3) is 0 Å². The number of carbonyl (C=O) groups is 1. The molecule has 1 heterocycles. The summed E-state index contributed by atoms with van der Waals surface area (Å²) >= 11 is 5.89. The predicted molar refractivity (Wildman–Crippen MR) is 126 cm³/mol. The third-order valence-electron chi connectivity index (χ3n) is 5.71. The van der Waals surface area contributed by atoms with Gasteiger partial charge in [0.05, 0.1) is 32.1 Å². The summed E-state index contributed by atoms with van der Waals surface area (Å²) in [6, 6.07) is 9.66. The molecule has 0 N–H and O–H groups in total. The van der Waals surface area contributed by atoms with Crippen LogP contribution in [-0.4, -0.2) is 65.0 Å². The van der Waals surface area contributed by atoms with Crippen LogP contribution in [-0.2, 0) is 21.4 Å². The minimum Gasteiger partial charge on any atom is -0.493 e. The fraction of sp³-hybridized carbons (Fsp3) is 0.435. The Labute approximate surface area is 200 Å². The monoisotopic (exact) mass is 496 g/mol. The lowest BCUT2D eigenvalue weighted by molar-refractivity contribution is -0.135. The molecule has 1 atom stereocenters. The van der Waals surface area contributed by atoms with E-state index >= 15 is 0 Å². The second-order valence-corrected chi connectivity index (χ2v) is 10.3. The maximum atomic E-state index is 13.2. The lowest BCUT2D eigenvalue weighted by Gasteiger charge is -2.33. The van der Waals surface area contributed by atoms with Crippen molar-refractivity contribution in [3.63, 3.8) is 0 Å². The molecule has 1 aliphatic heterocycles. The van der Waals surface area contributed by atoms with E-state index in [1.165, 1.54) is 37.8 Å². The topological polar surface area (TPSA) is 85.4 Å². The zero-order valence-corrected chi connectivity index (χ0v) is 20.8. The van der Waals surface area contributed by atoms with Gasteiger partial charge >= 0.3 is 0 Å². The lowest BCUT2D eigenvalue weighted by Crippen LogP contribution is -2.45. The van der Waals surface area contributed by atoms with Gasteiger partial charge < -0.3 is 19.1 Å². The Balaban J connectivity index is 1.73. The molecule has 1 fully saturated rings. The number of hydrogen-bond donors (Lipinski definition) is 0. The fourth-order valence-electron chi connectivity index (χ4n) is 4.01. The Hall–Kier alpha value is -2.49. The molecule has 180 valence electrons. The van der Waals surface area contributed by atoms with E-state index in [-0.39, 0.29) is 17.3 Å². The van der Waals surface area contributed by atoms with Crippen molar-refractivity contribution >= 4 is 27.5 Å². The van der Waals surface area contributed by atoms with Gasteiger partial charge in [-0.2, -0.15) is 4.31 Å². The number of methoxy groups -OCH3 is 3. The number of hydrogen-bond acceptors (Lipinski definition) is 6. The quantitative estimate of drug-likeness (QED) is 0.556. The second-order valence-electron chi connectivity index (χ2n) is 7.88. The fourth-order valence-corrected chi connectivity index (χ4v) is 5.66. The van der Waals surface area contributed by atoms with Crippen molar-refractivity contribution in [3.8, 4) is 17.2 Å². The number of amides is 1. The molecule has 0 aliphatic carbocycles. The molecule has 1 aliphatic rings. The van der Waals surface area contributed by atoms with E-state index in [0.29, 0.717) is 48.2 Å². The number of halogens is 1. The van der Waals surface area contributed by atoms with Crippen LogP contribution in [0.2, 0.25) is 5.02 Å². The van der Waals surface area contributed by atoms with E-state index in [0.717, 1.165) is 5.56 Å². The molecule has 10 heteroatoms. The van der Waals surface area contributed by atoms with Crippen molar-refractivity contribution in [3.05, 3.63) is 47.0 Å². The molecular weight excluding hydrogens is 468 g/mol. The van der Waals surface area contributed by atoms with E-state index in [4.69, 9.17) is 25.8 Å². The van der Waals surface area contributed by atoms with Crippen LogP contribution in [0, 0.1) is 5.92 Å². The number of ether oxygens (including phenoxy) is 3. The highest BCUT2D eigenvalue weighted by molar-refractivity contribution is 7.89. The normalized spacial score (nSPS) is 16.8. The summed E-state index contributed by atoms with van der Waals surface area (Å²) in [5.74, 6) is 0.955. The summed E-state index contributed by atoms with van der Waals surface area (Å²) in [6.45, 7) is 0.838. The summed E-state index contributed by atoms with van der Waals surface area (Å²) in [5.41, 5.74) is 0.807. The number of sulfonamides is 1. The molecule has 1 unspecified atom stereocenters. The van der Waals surface area contributed by atoms with Gasteiger partial charge in [-0.25, -0.2) is 8.42 Å². The summed E-state index contributed by atoms with van der Waals surface area (Å²) in [6.07, 6.45) is 1.24. The molecule has 1 saturated heterocycles. The third kappa shape index (κ3) is 5.54. The summed E-state index contributed by atoms with van der Waals surface area (Å²) in [5, 5.41) is 0.467. The van der Waals surface area contributed by atoms with Gasteiger partial charge in [-0.05, 0) is 54.8 Å². The Kier molecular flexibility index (Phi) is 8.10. The number of benzene rings is 2. The van der Waals surface area contributed by atoms with Crippen molar-refractivity contribution < 1.29 is 27.4 Å². The number of piperidine rings is 1. The van der Waals surface area contributed by atoms with Crippen molar-refractivity contribution in [2.75, 3.05) is 41.5 Å². The van der Waals surface area contributed by atoms with E-state index < -0.39 is 15.9 Å². The van der Waals surface area contributed by atoms with Crippen molar-refractivity contribution in [2.24, 2.45) is 5.92 Å². The second kappa shape index (κ2) is 10.6. The Morgan fingerprint density at radius 3 is 2.24 bits per heavy atom. The van der Waals surface area contributed by atoms with E-state index in [1.807, 2.05) is 0 Å². The Bertz CT molecular complexity index is 1070. The van der Waals surface area contributed by atoms with Crippen LogP contribution in [0.15, 0.2) is 41.3 Å². The largest absolute Gasteiger partial charge is 0.493 e. The molecule has 1 amide bonds. The molecule has 3 rings (SSSR count). The molecule has 0 radical (unpaired) electrons. The van der Waals surface area contributed by atoms with E-state index in [2.05, 4.69) is 0 Å². The number of carbonyl (C=O) groups excluding carboxylic acids is 1. The van der Waals surface area contributed by atoms with Gasteiger partial charge in [0.15, 0.2) is 11.5 Å². The molecule has 8 nitrogen and oxygen atoms in total. The minimum absolute atomic E-state index is 0.111. The van der Waals surface area contributed by atoms with Gasteiger partial charge in [-0.3, -0.25) is 4.79 Å². The molecule has 0 aromatic heterocycles. The summed E-state index contributed by atoms with van der Waals surface area (Å²) < 4.78 is 43.6. The third-order valence-corrected chi connectivity index (χ3v) is 7.84. The zero-order valence-electron chi connectivity index (χ0n) is 19.2. The maximum absolute atomic E-state index is 13.2. The van der Waals surface area contributed by atoms with Crippen LogP contribution < -0.4 is 14.2 Å². The molecule has 2 aromatic carbocycles. The zero-order chi connectivity index (χ0) is 24.2. The van der Waals surface area contributed by atoms with Crippen molar-refractivity contribution in [1.29, 1.82) is 0 Å². The number of nitrogens with zero attached hydrogens (tertiary/aromatic N) is 2. The highest BCUT2D eigenvalue weighted by Gasteiger charge is 2.34. The van der Waals surface area contributed by atoms with Crippen LogP contribution in [0.1, 0.15) is 18.4 Å². The standard InChI is InChI=1S/C23H29ClN2O6S/c1-25(14-16-12-20(30-2)22(32-4)21(13-16)31-3)23(27)17-6-5-11-26(15-17)33(28,29)19-9-7-18(24)8-10-19/h7-10,12-13,17H,5-6,11,14-15H2,1-4H3. The van der Waals surface area contributed by atoms with Gasteiger partial charge in [-0.1, -0.05) is 11.6 Å². The average molecular weight is 497 g/mol. The van der Waals surface area contributed by atoms with Crippen LogP contribution in [0.4, 0.5) is 0 Å². The highest BCUT2D eigenvalue weighted by Crippen LogP contribution is 2.38. The molecule has 0 spiro atoms. The van der Waals surface area contributed by atoms with Crippen molar-refractivity contribution in [2.45, 2.75) is 24.3 Å². The van der Waals surface area contributed by atoms with Crippen molar-refractivity contribution in [1.82, 2.24) is 9.21 Å². The van der Waals surface area contributed by atoms with Crippen LogP contribution in [0.5, 0.6) is 17.2 Å². The molecule has 0 bridgehead atoms.